The second-order valence-corrected chi connectivity index (χ2v) is 5.58. The van der Waals surface area contributed by atoms with Crippen LogP contribution in [-0.4, -0.2) is 20.5 Å². The average Bonchev–Trinajstić information content (AvgIpc) is 2.58. The SMILES string of the molecule is CC1CCC(O)(Cc2ccn(C)n2)CC1C. The molecule has 0 aliphatic heterocycles. The number of hydrogen-bond acceptors (Lipinski definition) is 2. The van der Waals surface area contributed by atoms with Crippen LogP contribution in [0.5, 0.6) is 0 Å². The highest BCUT2D eigenvalue weighted by Gasteiger charge is 2.36. The van der Waals surface area contributed by atoms with E-state index in [0.29, 0.717) is 12.3 Å². The summed E-state index contributed by atoms with van der Waals surface area (Å²) in [5, 5.41) is 14.9. The van der Waals surface area contributed by atoms with Gasteiger partial charge in [-0.2, -0.15) is 5.10 Å². The number of nitrogens with zero attached hydrogens (tertiary/aromatic N) is 2. The zero-order valence-corrected chi connectivity index (χ0v) is 10.5. The number of hydrogen-bond donors (Lipinski definition) is 1. The Balaban J connectivity index is 2.03. The molecule has 1 aromatic rings. The third kappa shape index (κ3) is 2.46. The minimum Gasteiger partial charge on any atom is -0.389 e. The zero-order valence-electron chi connectivity index (χ0n) is 10.5. The van der Waals surface area contributed by atoms with Crippen molar-refractivity contribution in [2.75, 3.05) is 0 Å². The van der Waals surface area contributed by atoms with E-state index in [-0.39, 0.29) is 0 Å². The Hall–Kier alpha value is -0.830. The van der Waals surface area contributed by atoms with Gasteiger partial charge in [0.25, 0.3) is 0 Å². The molecular weight excluding hydrogens is 200 g/mol. The van der Waals surface area contributed by atoms with Gasteiger partial charge < -0.3 is 5.11 Å². The van der Waals surface area contributed by atoms with Crippen molar-refractivity contribution >= 4 is 0 Å². The Labute approximate surface area is 97.5 Å². The molecule has 1 aliphatic rings. The standard InChI is InChI=1S/C13H22N2O/c1-10-4-6-13(16,8-11(10)2)9-12-5-7-15(3)14-12/h5,7,10-11,16H,4,6,8-9H2,1-3H3. The first-order chi connectivity index (χ1) is 7.48. The highest BCUT2D eigenvalue weighted by molar-refractivity contribution is 5.05. The van der Waals surface area contributed by atoms with Crippen LogP contribution in [0, 0.1) is 11.8 Å². The molecule has 0 radical (unpaired) electrons. The Kier molecular flexibility index (Phi) is 3.06. The Morgan fingerprint density at radius 1 is 1.50 bits per heavy atom. The van der Waals surface area contributed by atoms with E-state index in [1.165, 1.54) is 0 Å². The van der Waals surface area contributed by atoms with Gasteiger partial charge in [-0.15, -0.1) is 0 Å². The molecule has 0 aromatic carbocycles. The summed E-state index contributed by atoms with van der Waals surface area (Å²) in [5.41, 5.74) is 0.479. The van der Waals surface area contributed by atoms with Crippen LogP contribution < -0.4 is 0 Å². The van der Waals surface area contributed by atoms with E-state index in [2.05, 4.69) is 18.9 Å². The van der Waals surface area contributed by atoms with Gasteiger partial charge in [0.05, 0.1) is 11.3 Å². The minimum atomic E-state index is -0.528. The first-order valence-corrected chi connectivity index (χ1v) is 6.19. The van der Waals surface area contributed by atoms with Crippen LogP contribution in [0.15, 0.2) is 12.3 Å². The second-order valence-electron chi connectivity index (χ2n) is 5.58. The molecule has 3 heteroatoms. The highest BCUT2D eigenvalue weighted by atomic mass is 16.3. The number of aromatic nitrogens is 2. The molecule has 3 nitrogen and oxygen atoms in total. The summed E-state index contributed by atoms with van der Waals surface area (Å²) in [6.45, 7) is 4.53. The van der Waals surface area contributed by atoms with Crippen molar-refractivity contribution in [2.45, 2.75) is 45.1 Å². The van der Waals surface area contributed by atoms with E-state index in [4.69, 9.17) is 0 Å². The van der Waals surface area contributed by atoms with Crippen molar-refractivity contribution in [3.8, 4) is 0 Å². The molecule has 3 unspecified atom stereocenters. The summed E-state index contributed by atoms with van der Waals surface area (Å²) in [7, 11) is 1.92. The molecule has 1 heterocycles. The van der Waals surface area contributed by atoms with E-state index in [9.17, 15) is 5.11 Å². The van der Waals surface area contributed by atoms with Crippen molar-refractivity contribution < 1.29 is 5.11 Å². The molecule has 0 amide bonds. The minimum absolute atomic E-state index is 0.528. The molecule has 1 saturated carbocycles. The van der Waals surface area contributed by atoms with Crippen LogP contribution in [-0.2, 0) is 13.5 Å². The van der Waals surface area contributed by atoms with Gasteiger partial charge in [-0.25, -0.2) is 0 Å². The van der Waals surface area contributed by atoms with Crippen LogP contribution in [0.4, 0.5) is 0 Å². The molecule has 1 N–H and O–H groups in total. The Morgan fingerprint density at radius 3 is 2.81 bits per heavy atom. The molecule has 90 valence electrons. The molecule has 1 aliphatic carbocycles. The third-order valence-corrected chi connectivity index (χ3v) is 4.02. The van der Waals surface area contributed by atoms with Crippen molar-refractivity contribution in [1.29, 1.82) is 0 Å². The van der Waals surface area contributed by atoms with E-state index in [1.54, 1.807) is 4.68 Å². The van der Waals surface area contributed by atoms with E-state index in [1.807, 2.05) is 19.3 Å². The summed E-state index contributed by atoms with van der Waals surface area (Å²) in [6, 6.07) is 2.00. The molecule has 1 fully saturated rings. The van der Waals surface area contributed by atoms with Gasteiger partial charge in [0, 0.05) is 19.7 Å². The number of aryl methyl sites for hydroxylation is 1. The van der Waals surface area contributed by atoms with Crippen molar-refractivity contribution in [3.05, 3.63) is 18.0 Å². The lowest BCUT2D eigenvalue weighted by atomic mass is 9.71. The summed E-state index contributed by atoms with van der Waals surface area (Å²) in [4.78, 5) is 0. The van der Waals surface area contributed by atoms with Gasteiger partial charge in [0.2, 0.25) is 0 Å². The molecule has 0 bridgehead atoms. The van der Waals surface area contributed by atoms with E-state index < -0.39 is 5.60 Å². The van der Waals surface area contributed by atoms with Gasteiger partial charge in [0.15, 0.2) is 0 Å². The van der Waals surface area contributed by atoms with Gasteiger partial charge >= 0.3 is 0 Å². The molecule has 3 atom stereocenters. The lowest BCUT2D eigenvalue weighted by molar-refractivity contribution is -0.0287. The monoisotopic (exact) mass is 222 g/mol. The van der Waals surface area contributed by atoms with Gasteiger partial charge in [-0.1, -0.05) is 13.8 Å². The van der Waals surface area contributed by atoms with Crippen LogP contribution in [0.1, 0.15) is 38.8 Å². The fourth-order valence-electron chi connectivity index (χ4n) is 2.74. The molecule has 2 rings (SSSR count). The molecule has 0 spiro atoms. The van der Waals surface area contributed by atoms with Crippen molar-refractivity contribution in [1.82, 2.24) is 9.78 Å². The first-order valence-electron chi connectivity index (χ1n) is 6.19. The lowest BCUT2D eigenvalue weighted by Crippen LogP contribution is -2.39. The average molecular weight is 222 g/mol. The fourth-order valence-corrected chi connectivity index (χ4v) is 2.74. The summed E-state index contributed by atoms with van der Waals surface area (Å²) in [6.07, 6.45) is 5.59. The zero-order chi connectivity index (χ0) is 11.8. The smallest absolute Gasteiger partial charge is 0.0706 e. The van der Waals surface area contributed by atoms with Crippen LogP contribution in [0.25, 0.3) is 0 Å². The van der Waals surface area contributed by atoms with Crippen LogP contribution in [0.2, 0.25) is 0 Å². The maximum atomic E-state index is 10.6. The predicted octanol–water partition coefficient (Wildman–Crippen LogP) is 2.15. The number of rotatable bonds is 2. The normalized spacial score (nSPS) is 35.2. The largest absolute Gasteiger partial charge is 0.389 e. The summed E-state index contributed by atoms with van der Waals surface area (Å²) >= 11 is 0. The maximum Gasteiger partial charge on any atom is 0.0706 e. The Morgan fingerprint density at radius 2 is 2.25 bits per heavy atom. The van der Waals surface area contributed by atoms with Gasteiger partial charge in [-0.3, -0.25) is 4.68 Å². The van der Waals surface area contributed by atoms with Gasteiger partial charge in [0.1, 0.15) is 0 Å². The van der Waals surface area contributed by atoms with E-state index in [0.717, 1.165) is 30.9 Å². The molecule has 1 aromatic heterocycles. The molecule has 16 heavy (non-hydrogen) atoms. The third-order valence-electron chi connectivity index (χ3n) is 4.02. The fraction of sp³-hybridized carbons (Fsp3) is 0.769. The predicted molar refractivity (Wildman–Crippen MR) is 64.0 cm³/mol. The Bertz CT molecular complexity index is 361. The van der Waals surface area contributed by atoms with Gasteiger partial charge in [-0.05, 0) is 37.2 Å². The quantitative estimate of drug-likeness (QED) is 0.832. The lowest BCUT2D eigenvalue weighted by Gasteiger charge is -2.38. The maximum absolute atomic E-state index is 10.6. The topological polar surface area (TPSA) is 38.0 Å². The van der Waals surface area contributed by atoms with Crippen molar-refractivity contribution in [3.63, 3.8) is 0 Å². The number of aliphatic hydroxyl groups is 1. The first kappa shape index (κ1) is 11.6. The van der Waals surface area contributed by atoms with Crippen molar-refractivity contribution in [2.24, 2.45) is 18.9 Å². The summed E-state index contributed by atoms with van der Waals surface area (Å²) < 4.78 is 1.80. The van der Waals surface area contributed by atoms with Crippen LogP contribution in [0.3, 0.4) is 0 Å². The second kappa shape index (κ2) is 4.21. The van der Waals surface area contributed by atoms with Crippen LogP contribution >= 0.6 is 0 Å². The molecule has 0 saturated heterocycles. The highest BCUT2D eigenvalue weighted by Crippen LogP contribution is 2.37. The molecular formula is C13H22N2O. The summed E-state index contributed by atoms with van der Waals surface area (Å²) in [5.74, 6) is 1.35. The van der Waals surface area contributed by atoms with E-state index >= 15 is 0 Å².